The van der Waals surface area contributed by atoms with Gasteiger partial charge in [-0.1, -0.05) is 18.5 Å². The van der Waals surface area contributed by atoms with E-state index in [1.807, 2.05) is 32.9 Å². The van der Waals surface area contributed by atoms with Gasteiger partial charge >= 0.3 is 0 Å². The lowest BCUT2D eigenvalue weighted by atomic mass is 10.2. The van der Waals surface area contributed by atoms with Crippen LogP contribution >= 0.6 is 11.6 Å². The summed E-state index contributed by atoms with van der Waals surface area (Å²) < 4.78 is 0. The van der Waals surface area contributed by atoms with E-state index in [2.05, 4.69) is 9.97 Å². The van der Waals surface area contributed by atoms with Crippen molar-refractivity contribution in [3.63, 3.8) is 0 Å². The number of benzene rings is 1. The number of hydrogen-bond donors (Lipinski definition) is 1. The van der Waals surface area contributed by atoms with Gasteiger partial charge in [-0.2, -0.15) is 0 Å². The molecule has 5 nitrogen and oxygen atoms in total. The van der Waals surface area contributed by atoms with Crippen molar-refractivity contribution in [1.29, 1.82) is 0 Å². The number of carbonyl (C=O) groups excluding carboxylic acids is 1. The molecule has 1 N–H and O–H groups in total. The molecule has 1 aromatic heterocycles. The fraction of sp³-hybridized carbons (Fsp3) is 0.375. The van der Waals surface area contributed by atoms with Gasteiger partial charge in [0.2, 0.25) is 0 Å². The zero-order valence-corrected chi connectivity index (χ0v) is 13.8. The Morgan fingerprint density at radius 3 is 2.50 bits per heavy atom. The lowest BCUT2D eigenvalue weighted by Crippen LogP contribution is -2.31. The zero-order chi connectivity index (χ0) is 16.1. The number of hydrogen-bond acceptors (Lipinski definition) is 3. The fourth-order valence-corrected chi connectivity index (χ4v) is 2.28. The number of carbonyl (C=O) groups is 1. The molecule has 1 heterocycles. The minimum absolute atomic E-state index is 0.224. The molecule has 0 unspecified atom stereocenters. The van der Waals surface area contributed by atoms with Crippen LogP contribution in [0.5, 0.6) is 0 Å². The van der Waals surface area contributed by atoms with Crippen LogP contribution < -0.4 is 0 Å². The highest BCUT2D eigenvalue weighted by Crippen LogP contribution is 2.21. The second-order valence-corrected chi connectivity index (χ2v) is 5.13. The summed E-state index contributed by atoms with van der Waals surface area (Å²) in [4.78, 5) is 25.6. The lowest BCUT2D eigenvalue weighted by Gasteiger charge is -2.18. The third-order valence-electron chi connectivity index (χ3n) is 3.25. The predicted molar refractivity (Wildman–Crippen MR) is 86.7 cm³/mol. The number of aromatic amines is 1. The van der Waals surface area contributed by atoms with Crippen LogP contribution in [-0.4, -0.2) is 34.1 Å². The van der Waals surface area contributed by atoms with Crippen molar-refractivity contribution < 1.29 is 9.63 Å². The quantitative estimate of drug-likeness (QED) is 0.825. The van der Waals surface area contributed by atoms with Gasteiger partial charge < -0.3 is 4.98 Å². The van der Waals surface area contributed by atoms with Gasteiger partial charge in [0, 0.05) is 22.8 Å². The molecule has 1 amide bonds. The van der Waals surface area contributed by atoms with E-state index in [9.17, 15) is 4.79 Å². The van der Waals surface area contributed by atoms with E-state index in [-0.39, 0.29) is 5.91 Å². The van der Waals surface area contributed by atoms with Crippen molar-refractivity contribution >= 4 is 17.5 Å². The maximum absolute atomic E-state index is 12.5. The van der Waals surface area contributed by atoms with Crippen molar-refractivity contribution in [1.82, 2.24) is 15.0 Å². The molecule has 0 atom stereocenters. The highest BCUT2D eigenvalue weighted by Gasteiger charge is 2.22. The Hall–Kier alpha value is -1.85. The molecule has 0 aliphatic heterocycles. The molecule has 6 heteroatoms. The third-order valence-corrected chi connectivity index (χ3v) is 3.50. The smallest absolute Gasteiger partial charge is 0.297 e. The Balaban J connectivity index is 2.36. The fourth-order valence-electron chi connectivity index (χ4n) is 2.15. The number of amides is 1. The Bertz CT molecular complexity index is 637. The van der Waals surface area contributed by atoms with E-state index >= 15 is 0 Å². The van der Waals surface area contributed by atoms with Crippen molar-refractivity contribution in [3.8, 4) is 11.4 Å². The van der Waals surface area contributed by atoms with E-state index in [0.29, 0.717) is 36.1 Å². The van der Waals surface area contributed by atoms with Crippen molar-refractivity contribution in [3.05, 3.63) is 40.7 Å². The highest BCUT2D eigenvalue weighted by molar-refractivity contribution is 6.30. The molecule has 2 rings (SSSR count). The molecule has 0 bridgehead atoms. The van der Waals surface area contributed by atoms with Crippen LogP contribution in [0.2, 0.25) is 5.02 Å². The van der Waals surface area contributed by atoms with Gasteiger partial charge in [-0.25, -0.2) is 10.0 Å². The summed E-state index contributed by atoms with van der Waals surface area (Å²) in [5.74, 6) is 0.432. The first-order chi connectivity index (χ1) is 10.6. The number of hydroxylamine groups is 2. The van der Waals surface area contributed by atoms with E-state index in [4.69, 9.17) is 16.4 Å². The maximum atomic E-state index is 12.5. The monoisotopic (exact) mass is 321 g/mol. The van der Waals surface area contributed by atoms with Crippen molar-refractivity contribution in [2.45, 2.75) is 27.2 Å². The topological polar surface area (TPSA) is 58.2 Å². The zero-order valence-electron chi connectivity index (χ0n) is 13.0. The summed E-state index contributed by atoms with van der Waals surface area (Å²) in [5, 5.41) is 2.00. The SMILES string of the molecule is CCON(CC)C(=O)c1nc(-c2ccc(Cl)cc2)[nH]c1CC. The molecule has 0 aliphatic carbocycles. The summed E-state index contributed by atoms with van der Waals surface area (Å²) in [6.07, 6.45) is 0.686. The van der Waals surface area contributed by atoms with E-state index in [1.54, 1.807) is 12.1 Å². The molecule has 0 spiro atoms. The van der Waals surface area contributed by atoms with Crippen molar-refractivity contribution in [2.24, 2.45) is 0 Å². The molecular formula is C16H20ClN3O2. The lowest BCUT2D eigenvalue weighted by molar-refractivity contribution is -0.115. The molecule has 0 fully saturated rings. The molecule has 0 saturated carbocycles. The number of aryl methyl sites for hydroxylation is 1. The van der Waals surface area contributed by atoms with Crippen LogP contribution in [0.15, 0.2) is 24.3 Å². The minimum atomic E-state index is -0.224. The first-order valence-electron chi connectivity index (χ1n) is 7.40. The highest BCUT2D eigenvalue weighted by atomic mass is 35.5. The summed E-state index contributed by atoms with van der Waals surface area (Å²) in [5.41, 5.74) is 2.09. The van der Waals surface area contributed by atoms with Crippen LogP contribution in [0.4, 0.5) is 0 Å². The van der Waals surface area contributed by atoms with Crippen LogP contribution in [0.3, 0.4) is 0 Å². The molecule has 2 aromatic rings. The maximum Gasteiger partial charge on any atom is 0.297 e. The largest absolute Gasteiger partial charge is 0.341 e. The number of H-pyrrole nitrogens is 1. The predicted octanol–water partition coefficient (Wildman–Crippen LogP) is 3.71. The van der Waals surface area contributed by atoms with Gasteiger partial charge in [-0.3, -0.25) is 9.63 Å². The van der Waals surface area contributed by atoms with Gasteiger partial charge in [0.15, 0.2) is 5.69 Å². The number of halogens is 1. The van der Waals surface area contributed by atoms with Gasteiger partial charge in [-0.15, -0.1) is 0 Å². The number of imidazole rings is 1. The van der Waals surface area contributed by atoms with Crippen molar-refractivity contribution in [2.75, 3.05) is 13.2 Å². The molecule has 1 aromatic carbocycles. The normalized spacial score (nSPS) is 10.7. The molecule has 118 valence electrons. The molecule has 0 saturated heterocycles. The Labute approximate surface area is 135 Å². The summed E-state index contributed by atoms with van der Waals surface area (Å²) in [6.45, 7) is 6.60. The number of nitrogens with zero attached hydrogens (tertiary/aromatic N) is 2. The second kappa shape index (κ2) is 7.42. The van der Waals surface area contributed by atoms with Crippen LogP contribution in [0.1, 0.15) is 37.0 Å². The van der Waals surface area contributed by atoms with Gasteiger partial charge in [0.1, 0.15) is 5.82 Å². The Morgan fingerprint density at radius 1 is 1.27 bits per heavy atom. The number of rotatable bonds is 6. The van der Waals surface area contributed by atoms with Gasteiger partial charge in [0.25, 0.3) is 5.91 Å². The standard InChI is InChI=1S/C16H20ClN3O2/c1-4-13-14(16(21)20(5-2)22-6-3)19-15(18-13)11-7-9-12(17)10-8-11/h7-10H,4-6H2,1-3H3,(H,18,19). The average Bonchev–Trinajstić information content (AvgIpc) is 2.97. The van der Waals surface area contributed by atoms with E-state index in [1.165, 1.54) is 5.06 Å². The molecule has 0 radical (unpaired) electrons. The summed E-state index contributed by atoms with van der Waals surface area (Å²) in [6, 6.07) is 7.33. The first-order valence-corrected chi connectivity index (χ1v) is 7.78. The summed E-state index contributed by atoms with van der Waals surface area (Å²) >= 11 is 5.90. The Morgan fingerprint density at radius 2 is 1.95 bits per heavy atom. The van der Waals surface area contributed by atoms with Crippen LogP contribution in [0.25, 0.3) is 11.4 Å². The number of nitrogens with one attached hydrogen (secondary N) is 1. The van der Waals surface area contributed by atoms with Crippen LogP contribution in [-0.2, 0) is 11.3 Å². The molecular weight excluding hydrogens is 302 g/mol. The minimum Gasteiger partial charge on any atom is -0.341 e. The Kier molecular flexibility index (Phi) is 5.57. The molecule has 22 heavy (non-hydrogen) atoms. The third kappa shape index (κ3) is 3.48. The molecule has 0 aliphatic rings. The first kappa shape index (κ1) is 16.5. The second-order valence-electron chi connectivity index (χ2n) is 4.69. The average molecular weight is 322 g/mol. The van der Waals surface area contributed by atoms with Gasteiger partial charge in [0.05, 0.1) is 6.61 Å². The van der Waals surface area contributed by atoms with E-state index in [0.717, 1.165) is 11.3 Å². The van der Waals surface area contributed by atoms with E-state index < -0.39 is 0 Å². The van der Waals surface area contributed by atoms with Gasteiger partial charge in [-0.05, 0) is 44.5 Å². The number of aromatic nitrogens is 2. The van der Waals surface area contributed by atoms with Crippen LogP contribution in [0, 0.1) is 0 Å². The summed E-state index contributed by atoms with van der Waals surface area (Å²) in [7, 11) is 0.